The smallest absolute Gasteiger partial charge is 0.355 e. The number of carbonyl (C=O) groups is 2. The van der Waals surface area contributed by atoms with E-state index in [1.54, 1.807) is 29.4 Å². The van der Waals surface area contributed by atoms with Crippen LogP contribution in [0.4, 0.5) is 0 Å². The second-order valence-corrected chi connectivity index (χ2v) is 5.46. The van der Waals surface area contributed by atoms with E-state index in [-0.39, 0.29) is 5.91 Å². The van der Waals surface area contributed by atoms with E-state index in [0.29, 0.717) is 56.3 Å². The molecule has 0 unspecified atom stereocenters. The Morgan fingerprint density at radius 3 is 2.52 bits per heavy atom. The van der Waals surface area contributed by atoms with Crippen LogP contribution in [0.5, 0.6) is 0 Å². The van der Waals surface area contributed by atoms with Gasteiger partial charge >= 0.3 is 5.97 Å². The summed E-state index contributed by atoms with van der Waals surface area (Å²) in [5.41, 5.74) is 2.44. The zero-order chi connectivity index (χ0) is 17.0. The second-order valence-electron chi connectivity index (χ2n) is 5.46. The van der Waals surface area contributed by atoms with E-state index in [9.17, 15) is 9.59 Å². The predicted molar refractivity (Wildman–Crippen MR) is 86.8 cm³/mol. The minimum atomic E-state index is -0.407. The molecule has 0 bridgehead atoms. The van der Waals surface area contributed by atoms with Gasteiger partial charge in [0, 0.05) is 25.3 Å². The third-order valence-electron chi connectivity index (χ3n) is 4.06. The Hall–Kier alpha value is -2.08. The average molecular weight is 320 g/mol. The number of carbonyl (C=O) groups excluding carboxylic acids is 2. The summed E-state index contributed by atoms with van der Waals surface area (Å²) in [6, 6.07) is 0. The van der Waals surface area contributed by atoms with Gasteiger partial charge in [0.1, 0.15) is 5.69 Å². The zero-order valence-electron chi connectivity index (χ0n) is 14.1. The van der Waals surface area contributed by atoms with Gasteiger partial charge in [-0.15, -0.1) is 6.58 Å². The highest BCUT2D eigenvalue weighted by Crippen LogP contribution is 2.25. The number of allylic oxidation sites excluding steroid dienone is 1. The lowest BCUT2D eigenvalue weighted by atomic mass is 10.1. The van der Waals surface area contributed by atoms with Crippen molar-refractivity contribution in [2.24, 2.45) is 0 Å². The summed E-state index contributed by atoms with van der Waals surface area (Å²) in [7, 11) is 0. The van der Waals surface area contributed by atoms with E-state index in [2.05, 4.69) is 6.58 Å². The fraction of sp³-hybridized carbons (Fsp3) is 0.529. The molecule has 6 nitrogen and oxygen atoms in total. The molecule has 2 rings (SSSR count). The molecule has 0 radical (unpaired) electrons. The summed E-state index contributed by atoms with van der Waals surface area (Å²) in [6.07, 6.45) is 1.71. The van der Waals surface area contributed by atoms with Crippen molar-refractivity contribution in [3.63, 3.8) is 0 Å². The number of morpholine rings is 1. The van der Waals surface area contributed by atoms with Gasteiger partial charge in [-0.1, -0.05) is 6.08 Å². The van der Waals surface area contributed by atoms with Gasteiger partial charge in [-0.05, 0) is 26.3 Å². The van der Waals surface area contributed by atoms with Gasteiger partial charge in [0.2, 0.25) is 0 Å². The summed E-state index contributed by atoms with van der Waals surface area (Å²) in [6.45, 7) is 12.1. The van der Waals surface area contributed by atoms with Gasteiger partial charge < -0.3 is 18.9 Å². The van der Waals surface area contributed by atoms with Crippen LogP contribution in [0.15, 0.2) is 12.7 Å². The molecule has 0 atom stereocenters. The summed E-state index contributed by atoms with van der Waals surface area (Å²) in [4.78, 5) is 26.9. The van der Waals surface area contributed by atoms with Crippen LogP contribution in [0, 0.1) is 13.8 Å². The van der Waals surface area contributed by atoms with Gasteiger partial charge in [0.25, 0.3) is 5.91 Å². The number of hydrogen-bond acceptors (Lipinski definition) is 4. The molecule has 1 aromatic rings. The van der Waals surface area contributed by atoms with E-state index in [4.69, 9.17) is 9.47 Å². The van der Waals surface area contributed by atoms with Crippen LogP contribution in [-0.4, -0.2) is 54.3 Å². The molecule has 1 aliphatic rings. The Balaban J connectivity index is 2.46. The van der Waals surface area contributed by atoms with Crippen molar-refractivity contribution in [3.8, 4) is 0 Å². The lowest BCUT2D eigenvalue weighted by molar-refractivity contribution is 0.0302. The minimum absolute atomic E-state index is 0.0586. The van der Waals surface area contributed by atoms with E-state index in [1.165, 1.54) is 0 Å². The summed E-state index contributed by atoms with van der Waals surface area (Å²) >= 11 is 0. The molecule has 6 heteroatoms. The SMILES string of the molecule is C=CCn1c(C)c(C(=O)N2CCOCC2)c(C)c1C(=O)OCC. The van der Waals surface area contributed by atoms with Gasteiger partial charge in [-0.2, -0.15) is 0 Å². The van der Waals surface area contributed by atoms with Gasteiger partial charge in [0.15, 0.2) is 0 Å². The van der Waals surface area contributed by atoms with Crippen molar-refractivity contribution in [1.29, 1.82) is 0 Å². The highest BCUT2D eigenvalue weighted by molar-refractivity contribution is 6.01. The maximum absolute atomic E-state index is 12.9. The number of aromatic nitrogens is 1. The van der Waals surface area contributed by atoms with Gasteiger partial charge in [-0.25, -0.2) is 4.79 Å². The maximum Gasteiger partial charge on any atom is 0.355 e. The number of nitrogens with zero attached hydrogens (tertiary/aromatic N) is 2. The van der Waals surface area contributed by atoms with Crippen LogP contribution in [0.2, 0.25) is 0 Å². The van der Waals surface area contributed by atoms with Gasteiger partial charge in [-0.3, -0.25) is 4.79 Å². The van der Waals surface area contributed by atoms with Crippen molar-refractivity contribution in [1.82, 2.24) is 9.47 Å². The van der Waals surface area contributed by atoms with Gasteiger partial charge in [0.05, 0.1) is 25.4 Å². The average Bonchev–Trinajstić information content (AvgIpc) is 2.79. The third kappa shape index (κ3) is 3.32. The van der Waals surface area contributed by atoms with Crippen LogP contribution < -0.4 is 0 Å². The largest absolute Gasteiger partial charge is 0.461 e. The van der Waals surface area contributed by atoms with Crippen molar-refractivity contribution in [2.45, 2.75) is 27.3 Å². The molecule has 0 spiro atoms. The van der Waals surface area contributed by atoms with E-state index >= 15 is 0 Å². The quantitative estimate of drug-likeness (QED) is 0.614. The van der Waals surface area contributed by atoms with E-state index in [0.717, 1.165) is 5.69 Å². The molecule has 1 amide bonds. The Morgan fingerprint density at radius 1 is 1.30 bits per heavy atom. The first kappa shape index (κ1) is 17.3. The van der Waals surface area contributed by atoms with E-state index < -0.39 is 5.97 Å². The third-order valence-corrected chi connectivity index (χ3v) is 4.06. The molecule has 1 aromatic heterocycles. The maximum atomic E-state index is 12.9. The molecule has 1 fully saturated rings. The zero-order valence-corrected chi connectivity index (χ0v) is 14.1. The van der Waals surface area contributed by atoms with Crippen molar-refractivity contribution >= 4 is 11.9 Å². The first-order valence-electron chi connectivity index (χ1n) is 7.87. The lowest BCUT2D eigenvalue weighted by Crippen LogP contribution is -2.41. The van der Waals surface area contributed by atoms with Crippen LogP contribution >= 0.6 is 0 Å². The Bertz CT molecular complexity index is 613. The standard InChI is InChI=1S/C17H24N2O4/c1-5-7-19-13(4)14(12(3)15(19)17(21)23-6-2)16(20)18-8-10-22-11-9-18/h5H,1,6-11H2,2-4H3. The topological polar surface area (TPSA) is 60.8 Å². The fourth-order valence-electron chi connectivity index (χ4n) is 2.95. The molecule has 126 valence electrons. The fourth-order valence-corrected chi connectivity index (χ4v) is 2.95. The van der Waals surface area contributed by atoms with Crippen molar-refractivity contribution < 1.29 is 19.1 Å². The van der Waals surface area contributed by atoms with Crippen LogP contribution in [0.25, 0.3) is 0 Å². The molecular formula is C17H24N2O4. The van der Waals surface area contributed by atoms with Crippen molar-refractivity contribution in [3.05, 3.63) is 35.2 Å². The molecule has 1 aliphatic heterocycles. The number of rotatable bonds is 5. The monoisotopic (exact) mass is 320 g/mol. The summed E-state index contributed by atoms with van der Waals surface area (Å²) in [5, 5.41) is 0. The Kier molecular flexibility index (Phi) is 5.60. The minimum Gasteiger partial charge on any atom is -0.461 e. The number of hydrogen-bond donors (Lipinski definition) is 0. The molecule has 0 saturated carbocycles. The highest BCUT2D eigenvalue weighted by Gasteiger charge is 2.29. The first-order valence-corrected chi connectivity index (χ1v) is 7.87. The van der Waals surface area contributed by atoms with Crippen LogP contribution in [0.1, 0.15) is 39.0 Å². The highest BCUT2D eigenvalue weighted by atomic mass is 16.5. The van der Waals surface area contributed by atoms with Crippen LogP contribution in [-0.2, 0) is 16.0 Å². The Morgan fingerprint density at radius 2 is 1.96 bits per heavy atom. The number of esters is 1. The van der Waals surface area contributed by atoms with E-state index in [1.807, 2.05) is 6.92 Å². The normalized spacial score (nSPS) is 14.7. The Labute approximate surface area is 136 Å². The number of ether oxygens (including phenoxy) is 2. The lowest BCUT2D eigenvalue weighted by Gasteiger charge is -2.27. The molecule has 0 aliphatic carbocycles. The summed E-state index contributed by atoms with van der Waals surface area (Å²) < 4.78 is 12.2. The van der Waals surface area contributed by atoms with Crippen LogP contribution in [0.3, 0.4) is 0 Å². The second kappa shape index (κ2) is 7.46. The molecule has 0 aromatic carbocycles. The molecular weight excluding hydrogens is 296 g/mol. The predicted octanol–water partition coefficient (Wildman–Crippen LogP) is 1.94. The molecule has 23 heavy (non-hydrogen) atoms. The molecule has 2 heterocycles. The van der Waals surface area contributed by atoms with Crippen molar-refractivity contribution in [2.75, 3.05) is 32.9 Å². The molecule has 1 saturated heterocycles. The number of amides is 1. The molecule has 0 N–H and O–H groups in total. The first-order chi connectivity index (χ1) is 11.0. The summed E-state index contributed by atoms with van der Waals surface area (Å²) in [5.74, 6) is -0.465.